The lowest BCUT2D eigenvalue weighted by Gasteiger charge is -2.20. The van der Waals surface area contributed by atoms with E-state index in [1.54, 1.807) is 0 Å². The summed E-state index contributed by atoms with van der Waals surface area (Å²) in [4.78, 5) is 22.6. The summed E-state index contributed by atoms with van der Waals surface area (Å²) >= 11 is 0. The normalized spacial score (nSPS) is 17.4. The van der Waals surface area contributed by atoms with E-state index in [9.17, 15) is 14.9 Å². The minimum atomic E-state index is -0.530. The SMILES string of the molecule is O=C(N/N=C/c1cc2c(cc1[N+](=O)[O-])OCO2)C1CCNCC1. The first kappa shape index (κ1) is 15.2. The van der Waals surface area contributed by atoms with Crippen LogP contribution < -0.4 is 20.2 Å². The van der Waals surface area contributed by atoms with Crippen molar-refractivity contribution in [3.8, 4) is 11.5 Å². The summed E-state index contributed by atoms with van der Waals surface area (Å²) in [6.45, 7) is 1.63. The summed E-state index contributed by atoms with van der Waals surface area (Å²) in [5, 5.41) is 18.1. The standard InChI is InChI=1S/C14H16N4O5/c19-14(9-1-3-15-4-2-9)17-16-7-10-5-12-13(23-8-22-12)6-11(10)18(20)21/h5-7,9,15H,1-4,8H2,(H,17,19)/b16-7+. The van der Waals surface area contributed by atoms with Gasteiger partial charge in [0.15, 0.2) is 11.5 Å². The number of nitrogens with one attached hydrogen (secondary N) is 2. The Kier molecular flexibility index (Phi) is 4.38. The number of hydrazone groups is 1. The predicted molar refractivity (Wildman–Crippen MR) is 80.5 cm³/mol. The van der Waals surface area contributed by atoms with Crippen LogP contribution in [0.15, 0.2) is 17.2 Å². The molecule has 2 aliphatic heterocycles. The molecule has 1 aromatic rings. The number of nitrogens with zero attached hydrogens (tertiary/aromatic N) is 2. The molecule has 1 fully saturated rings. The molecule has 0 aromatic heterocycles. The van der Waals surface area contributed by atoms with Gasteiger partial charge >= 0.3 is 0 Å². The van der Waals surface area contributed by atoms with Gasteiger partial charge in [-0.2, -0.15) is 5.10 Å². The number of carbonyl (C=O) groups excluding carboxylic acids is 1. The number of benzene rings is 1. The van der Waals surface area contributed by atoms with Gasteiger partial charge < -0.3 is 14.8 Å². The zero-order chi connectivity index (χ0) is 16.2. The molecule has 9 nitrogen and oxygen atoms in total. The van der Waals surface area contributed by atoms with Crippen molar-refractivity contribution in [1.82, 2.24) is 10.7 Å². The number of fused-ring (bicyclic) bond motifs is 1. The molecule has 2 aliphatic rings. The van der Waals surface area contributed by atoms with E-state index in [0.717, 1.165) is 25.9 Å². The average molecular weight is 320 g/mol. The number of ether oxygens (including phenoxy) is 2. The summed E-state index contributed by atoms with van der Waals surface area (Å²) in [5.74, 6) is 0.487. The van der Waals surface area contributed by atoms with Crippen LogP contribution in [0, 0.1) is 16.0 Å². The summed E-state index contributed by atoms with van der Waals surface area (Å²) in [6, 6.07) is 2.76. The van der Waals surface area contributed by atoms with Crippen molar-refractivity contribution in [2.45, 2.75) is 12.8 Å². The zero-order valence-electron chi connectivity index (χ0n) is 12.3. The molecule has 1 saturated heterocycles. The molecule has 0 atom stereocenters. The Morgan fingerprint density at radius 1 is 1.35 bits per heavy atom. The molecular formula is C14H16N4O5. The lowest BCUT2D eigenvalue weighted by Crippen LogP contribution is -2.36. The average Bonchev–Trinajstić information content (AvgIpc) is 3.02. The summed E-state index contributed by atoms with van der Waals surface area (Å²) in [6.07, 6.45) is 2.76. The Bertz CT molecular complexity index is 655. The van der Waals surface area contributed by atoms with Crippen LogP contribution in [-0.2, 0) is 4.79 Å². The van der Waals surface area contributed by atoms with Crippen molar-refractivity contribution < 1.29 is 19.2 Å². The maximum absolute atomic E-state index is 12.0. The topological polar surface area (TPSA) is 115 Å². The molecular weight excluding hydrogens is 304 g/mol. The van der Waals surface area contributed by atoms with E-state index in [-0.39, 0.29) is 29.9 Å². The Hall–Kier alpha value is -2.68. The molecule has 0 unspecified atom stereocenters. The third-order valence-electron chi connectivity index (χ3n) is 3.81. The monoisotopic (exact) mass is 320 g/mol. The van der Waals surface area contributed by atoms with Gasteiger partial charge in [0.1, 0.15) is 0 Å². The van der Waals surface area contributed by atoms with E-state index in [1.807, 2.05) is 0 Å². The molecule has 1 amide bonds. The molecule has 0 aliphatic carbocycles. The predicted octanol–water partition coefficient (Wildman–Crippen LogP) is 0.773. The third-order valence-corrected chi connectivity index (χ3v) is 3.81. The molecule has 1 aromatic carbocycles. The Balaban J connectivity index is 1.71. The first-order valence-electron chi connectivity index (χ1n) is 7.27. The lowest BCUT2D eigenvalue weighted by atomic mass is 9.98. The highest BCUT2D eigenvalue weighted by molar-refractivity contribution is 5.88. The first-order chi connectivity index (χ1) is 11.1. The van der Waals surface area contributed by atoms with Gasteiger partial charge in [0.25, 0.3) is 5.69 Å². The quantitative estimate of drug-likeness (QED) is 0.481. The molecule has 0 saturated carbocycles. The first-order valence-corrected chi connectivity index (χ1v) is 7.27. The van der Waals surface area contributed by atoms with E-state index in [2.05, 4.69) is 15.8 Å². The minimum Gasteiger partial charge on any atom is -0.454 e. The maximum Gasteiger partial charge on any atom is 0.282 e. The molecule has 0 radical (unpaired) electrons. The van der Waals surface area contributed by atoms with Gasteiger partial charge in [-0.1, -0.05) is 0 Å². The van der Waals surface area contributed by atoms with Crippen LogP contribution in [0.2, 0.25) is 0 Å². The molecule has 2 N–H and O–H groups in total. The van der Waals surface area contributed by atoms with Crippen molar-refractivity contribution in [3.05, 3.63) is 27.8 Å². The van der Waals surface area contributed by atoms with Gasteiger partial charge in [-0.05, 0) is 32.0 Å². The second-order valence-corrected chi connectivity index (χ2v) is 5.28. The number of piperidine rings is 1. The Labute approximate surface area is 131 Å². The van der Waals surface area contributed by atoms with Gasteiger partial charge in [0, 0.05) is 5.92 Å². The van der Waals surface area contributed by atoms with Crippen LogP contribution in [0.3, 0.4) is 0 Å². The van der Waals surface area contributed by atoms with Crippen LogP contribution in [0.25, 0.3) is 0 Å². The molecule has 23 heavy (non-hydrogen) atoms. The van der Waals surface area contributed by atoms with Crippen LogP contribution in [0.5, 0.6) is 11.5 Å². The fraction of sp³-hybridized carbons (Fsp3) is 0.429. The van der Waals surface area contributed by atoms with Crippen molar-refractivity contribution in [2.24, 2.45) is 11.0 Å². The third kappa shape index (κ3) is 3.39. The van der Waals surface area contributed by atoms with E-state index < -0.39 is 4.92 Å². The fourth-order valence-corrected chi connectivity index (χ4v) is 2.55. The number of amides is 1. The van der Waals surface area contributed by atoms with E-state index in [0.29, 0.717) is 11.5 Å². The van der Waals surface area contributed by atoms with Crippen LogP contribution in [-0.4, -0.2) is 36.9 Å². The van der Waals surface area contributed by atoms with Gasteiger partial charge in [-0.15, -0.1) is 0 Å². The Morgan fingerprint density at radius 2 is 2.04 bits per heavy atom. The van der Waals surface area contributed by atoms with Crippen LogP contribution in [0.1, 0.15) is 18.4 Å². The van der Waals surface area contributed by atoms with Gasteiger partial charge in [-0.3, -0.25) is 14.9 Å². The van der Waals surface area contributed by atoms with Crippen LogP contribution >= 0.6 is 0 Å². The van der Waals surface area contributed by atoms with Crippen molar-refractivity contribution in [1.29, 1.82) is 0 Å². The van der Waals surface area contributed by atoms with Gasteiger partial charge in [-0.25, -0.2) is 5.43 Å². The van der Waals surface area contributed by atoms with Gasteiger partial charge in [0.2, 0.25) is 12.7 Å². The summed E-state index contributed by atoms with van der Waals surface area (Å²) < 4.78 is 10.3. The molecule has 0 bridgehead atoms. The number of rotatable bonds is 4. The highest BCUT2D eigenvalue weighted by atomic mass is 16.7. The number of nitro benzene ring substituents is 1. The van der Waals surface area contributed by atoms with Crippen molar-refractivity contribution in [3.63, 3.8) is 0 Å². The summed E-state index contributed by atoms with van der Waals surface area (Å²) in [7, 11) is 0. The van der Waals surface area contributed by atoms with E-state index in [1.165, 1.54) is 18.3 Å². The molecule has 3 rings (SSSR count). The Morgan fingerprint density at radius 3 is 2.74 bits per heavy atom. The maximum atomic E-state index is 12.0. The number of carbonyl (C=O) groups is 1. The largest absolute Gasteiger partial charge is 0.454 e. The molecule has 122 valence electrons. The number of hydrogen-bond acceptors (Lipinski definition) is 7. The highest BCUT2D eigenvalue weighted by Gasteiger charge is 2.23. The zero-order valence-corrected chi connectivity index (χ0v) is 12.3. The number of hydrogen-bond donors (Lipinski definition) is 2. The highest BCUT2D eigenvalue weighted by Crippen LogP contribution is 2.37. The second-order valence-electron chi connectivity index (χ2n) is 5.28. The smallest absolute Gasteiger partial charge is 0.282 e. The van der Waals surface area contributed by atoms with Gasteiger partial charge in [0.05, 0.1) is 22.8 Å². The minimum absolute atomic E-state index is 0.0273. The lowest BCUT2D eigenvalue weighted by molar-refractivity contribution is -0.385. The molecule has 0 spiro atoms. The van der Waals surface area contributed by atoms with E-state index in [4.69, 9.17) is 9.47 Å². The van der Waals surface area contributed by atoms with Crippen molar-refractivity contribution in [2.75, 3.05) is 19.9 Å². The number of nitro groups is 1. The second kappa shape index (κ2) is 6.61. The van der Waals surface area contributed by atoms with E-state index >= 15 is 0 Å². The molecule has 2 heterocycles. The van der Waals surface area contributed by atoms with Crippen molar-refractivity contribution >= 4 is 17.8 Å². The summed E-state index contributed by atoms with van der Waals surface area (Å²) in [5.41, 5.74) is 2.53. The van der Waals surface area contributed by atoms with Crippen LogP contribution in [0.4, 0.5) is 5.69 Å². The molecule has 9 heteroatoms. The fourth-order valence-electron chi connectivity index (χ4n) is 2.55.